The number of esters is 1. The van der Waals surface area contributed by atoms with E-state index >= 15 is 0 Å². The van der Waals surface area contributed by atoms with Crippen molar-refractivity contribution in [2.75, 3.05) is 20.3 Å². The Morgan fingerprint density at radius 3 is 2.42 bits per heavy atom. The van der Waals surface area contributed by atoms with Gasteiger partial charge in [0.1, 0.15) is 0 Å². The van der Waals surface area contributed by atoms with Crippen molar-refractivity contribution in [1.82, 2.24) is 14.3 Å². The summed E-state index contributed by atoms with van der Waals surface area (Å²) in [5.41, 5.74) is 4.34. The lowest BCUT2D eigenvalue weighted by Crippen LogP contribution is -2.17. The van der Waals surface area contributed by atoms with E-state index in [2.05, 4.69) is 5.10 Å². The van der Waals surface area contributed by atoms with Gasteiger partial charge in [-0.15, -0.1) is 0 Å². The van der Waals surface area contributed by atoms with Crippen LogP contribution in [-0.2, 0) is 27.4 Å². The summed E-state index contributed by atoms with van der Waals surface area (Å²) in [6, 6.07) is 3.78. The SMILES string of the molecule is COCCn1c(C)cc(C(=O)COC(=O)CCn2nc(C)cc2C)c1C. The number of methoxy groups -OCH3 is 1. The molecule has 2 heterocycles. The molecule has 2 aromatic heterocycles. The molecule has 0 saturated carbocycles. The molecule has 26 heavy (non-hydrogen) atoms. The highest BCUT2D eigenvalue weighted by Crippen LogP contribution is 2.16. The zero-order valence-corrected chi connectivity index (χ0v) is 16.2. The molecule has 2 aromatic rings. The van der Waals surface area contributed by atoms with Gasteiger partial charge in [-0.3, -0.25) is 14.3 Å². The molecular formula is C19H27N3O4. The van der Waals surface area contributed by atoms with Gasteiger partial charge < -0.3 is 14.0 Å². The van der Waals surface area contributed by atoms with Crippen LogP contribution in [0, 0.1) is 27.7 Å². The number of aryl methyl sites for hydroxylation is 4. The van der Waals surface area contributed by atoms with E-state index in [4.69, 9.17) is 9.47 Å². The Morgan fingerprint density at radius 1 is 1.08 bits per heavy atom. The van der Waals surface area contributed by atoms with E-state index in [1.807, 2.05) is 44.4 Å². The van der Waals surface area contributed by atoms with E-state index < -0.39 is 5.97 Å². The van der Waals surface area contributed by atoms with Crippen molar-refractivity contribution in [2.45, 2.75) is 47.2 Å². The molecule has 0 unspecified atom stereocenters. The summed E-state index contributed by atoms with van der Waals surface area (Å²) in [6.45, 7) is 9.14. The number of rotatable bonds is 9. The first-order valence-electron chi connectivity index (χ1n) is 8.69. The Bertz CT molecular complexity index is 789. The van der Waals surface area contributed by atoms with Gasteiger partial charge in [0.05, 0.1) is 25.3 Å². The van der Waals surface area contributed by atoms with Crippen molar-refractivity contribution in [2.24, 2.45) is 0 Å². The summed E-state index contributed by atoms with van der Waals surface area (Å²) < 4.78 is 14.0. The number of hydrogen-bond donors (Lipinski definition) is 0. The first-order valence-corrected chi connectivity index (χ1v) is 8.69. The monoisotopic (exact) mass is 361 g/mol. The smallest absolute Gasteiger partial charge is 0.308 e. The molecular weight excluding hydrogens is 334 g/mol. The average molecular weight is 361 g/mol. The third-order valence-corrected chi connectivity index (χ3v) is 4.39. The molecule has 0 N–H and O–H groups in total. The van der Waals surface area contributed by atoms with Gasteiger partial charge in [0.15, 0.2) is 6.61 Å². The normalized spacial score (nSPS) is 11.0. The van der Waals surface area contributed by atoms with Crippen LogP contribution in [0.25, 0.3) is 0 Å². The minimum atomic E-state index is -0.404. The van der Waals surface area contributed by atoms with E-state index in [1.54, 1.807) is 11.8 Å². The van der Waals surface area contributed by atoms with E-state index in [1.165, 1.54) is 0 Å². The minimum Gasteiger partial charge on any atom is -0.457 e. The molecule has 0 aliphatic carbocycles. The fourth-order valence-electron chi connectivity index (χ4n) is 3.00. The number of aromatic nitrogens is 3. The fraction of sp³-hybridized carbons (Fsp3) is 0.526. The summed E-state index contributed by atoms with van der Waals surface area (Å²) in [4.78, 5) is 24.3. The van der Waals surface area contributed by atoms with Gasteiger partial charge in [0.25, 0.3) is 0 Å². The van der Waals surface area contributed by atoms with Crippen LogP contribution in [0.15, 0.2) is 12.1 Å². The lowest BCUT2D eigenvalue weighted by molar-refractivity contribution is -0.142. The Hall–Kier alpha value is -2.41. The van der Waals surface area contributed by atoms with Crippen LogP contribution in [-0.4, -0.2) is 46.4 Å². The quantitative estimate of drug-likeness (QED) is 0.506. The highest BCUT2D eigenvalue weighted by Gasteiger charge is 2.17. The molecule has 0 aliphatic rings. The van der Waals surface area contributed by atoms with Crippen molar-refractivity contribution < 1.29 is 19.1 Å². The molecule has 0 aromatic carbocycles. The molecule has 0 fully saturated rings. The lowest BCUT2D eigenvalue weighted by atomic mass is 10.1. The first kappa shape index (κ1) is 19.9. The van der Waals surface area contributed by atoms with E-state index in [-0.39, 0.29) is 18.8 Å². The second kappa shape index (κ2) is 8.80. The molecule has 142 valence electrons. The third-order valence-electron chi connectivity index (χ3n) is 4.39. The number of nitrogens with zero attached hydrogens (tertiary/aromatic N) is 3. The fourth-order valence-corrected chi connectivity index (χ4v) is 3.00. The molecule has 0 aliphatic heterocycles. The van der Waals surface area contributed by atoms with Crippen LogP contribution in [0.4, 0.5) is 0 Å². The van der Waals surface area contributed by atoms with Gasteiger partial charge in [-0.05, 0) is 39.8 Å². The summed E-state index contributed by atoms with van der Waals surface area (Å²) in [5, 5.41) is 4.30. The molecule has 0 amide bonds. The van der Waals surface area contributed by atoms with E-state index in [0.29, 0.717) is 25.3 Å². The molecule has 7 heteroatoms. The van der Waals surface area contributed by atoms with E-state index in [0.717, 1.165) is 22.8 Å². The van der Waals surface area contributed by atoms with Crippen LogP contribution >= 0.6 is 0 Å². The molecule has 7 nitrogen and oxygen atoms in total. The maximum Gasteiger partial charge on any atom is 0.308 e. The number of Topliss-reactive ketones (excluding diaryl/α,β-unsaturated/α-hetero) is 1. The van der Waals surface area contributed by atoms with Gasteiger partial charge in [-0.1, -0.05) is 0 Å². The number of carbonyl (C=O) groups excluding carboxylic acids is 2. The third kappa shape index (κ3) is 4.82. The summed E-state index contributed by atoms with van der Waals surface area (Å²) >= 11 is 0. The Kier molecular flexibility index (Phi) is 6.74. The average Bonchev–Trinajstić information content (AvgIpc) is 3.07. The van der Waals surface area contributed by atoms with E-state index in [9.17, 15) is 9.59 Å². The van der Waals surface area contributed by atoms with Gasteiger partial charge in [-0.2, -0.15) is 5.10 Å². The summed E-state index contributed by atoms with van der Waals surface area (Å²) in [7, 11) is 1.64. The predicted octanol–water partition coefficient (Wildman–Crippen LogP) is 2.38. The largest absolute Gasteiger partial charge is 0.457 e. The number of ether oxygens (including phenoxy) is 2. The molecule has 0 spiro atoms. The standard InChI is InChI=1S/C19H27N3O4/c1-13-10-15(3)22(20-13)7-6-19(24)26-12-18(23)17-11-14(2)21(16(17)4)8-9-25-5/h10-11H,6-9,12H2,1-5H3. The Labute approximate surface area is 153 Å². The number of ketones is 1. The predicted molar refractivity (Wildman–Crippen MR) is 97.4 cm³/mol. The lowest BCUT2D eigenvalue weighted by Gasteiger charge is -2.09. The second-order valence-electron chi connectivity index (χ2n) is 6.41. The first-order chi connectivity index (χ1) is 12.3. The zero-order chi connectivity index (χ0) is 19.3. The Balaban J connectivity index is 1.88. The number of hydrogen-bond acceptors (Lipinski definition) is 5. The maximum atomic E-state index is 12.4. The van der Waals surface area contributed by atoms with Crippen LogP contribution in [0.5, 0.6) is 0 Å². The van der Waals surface area contributed by atoms with Crippen LogP contribution in [0.2, 0.25) is 0 Å². The van der Waals surface area contributed by atoms with Gasteiger partial charge in [0, 0.05) is 36.3 Å². The highest BCUT2D eigenvalue weighted by molar-refractivity contribution is 5.99. The van der Waals surface area contributed by atoms with Gasteiger partial charge in [0.2, 0.25) is 5.78 Å². The highest BCUT2D eigenvalue weighted by atomic mass is 16.5. The van der Waals surface area contributed by atoms with Crippen LogP contribution in [0.1, 0.15) is 39.6 Å². The van der Waals surface area contributed by atoms with Crippen molar-refractivity contribution >= 4 is 11.8 Å². The topological polar surface area (TPSA) is 75.3 Å². The molecule has 0 atom stereocenters. The molecule has 0 bridgehead atoms. The maximum absolute atomic E-state index is 12.4. The van der Waals surface area contributed by atoms with Gasteiger partial charge >= 0.3 is 5.97 Å². The molecule has 0 radical (unpaired) electrons. The molecule has 0 saturated heterocycles. The number of carbonyl (C=O) groups is 2. The van der Waals surface area contributed by atoms with Crippen LogP contribution in [0.3, 0.4) is 0 Å². The van der Waals surface area contributed by atoms with Gasteiger partial charge in [-0.25, -0.2) is 0 Å². The van der Waals surface area contributed by atoms with Crippen molar-refractivity contribution in [3.05, 3.63) is 40.5 Å². The minimum absolute atomic E-state index is 0.183. The summed E-state index contributed by atoms with van der Waals surface area (Å²) in [5.74, 6) is -0.597. The molecule has 2 rings (SSSR count). The van der Waals surface area contributed by atoms with Crippen LogP contribution < -0.4 is 0 Å². The summed E-state index contributed by atoms with van der Waals surface area (Å²) in [6.07, 6.45) is 0.183. The zero-order valence-electron chi connectivity index (χ0n) is 16.2. The Morgan fingerprint density at radius 2 is 1.81 bits per heavy atom. The second-order valence-corrected chi connectivity index (χ2v) is 6.41. The van der Waals surface area contributed by atoms with Crippen molar-refractivity contribution in [1.29, 1.82) is 0 Å². The van der Waals surface area contributed by atoms with Crippen molar-refractivity contribution in [3.63, 3.8) is 0 Å². The van der Waals surface area contributed by atoms with Crippen molar-refractivity contribution in [3.8, 4) is 0 Å².